The second-order valence-electron chi connectivity index (χ2n) is 9.41. The lowest BCUT2D eigenvalue weighted by molar-refractivity contribution is -0.138. The van der Waals surface area contributed by atoms with Crippen molar-refractivity contribution in [1.82, 2.24) is 10.2 Å². The van der Waals surface area contributed by atoms with Gasteiger partial charge in [0.05, 0.1) is 10.6 Å². The smallest absolute Gasteiger partial charge is 0.264 e. The lowest BCUT2D eigenvalue weighted by Gasteiger charge is -2.32. The van der Waals surface area contributed by atoms with Crippen LogP contribution in [0.3, 0.4) is 0 Å². The Kier molecular flexibility index (Phi) is 10.0. The molecule has 0 radical (unpaired) electrons. The van der Waals surface area contributed by atoms with Gasteiger partial charge in [0.1, 0.15) is 18.4 Å². The number of para-hydroxylation sites is 1. The van der Waals surface area contributed by atoms with Gasteiger partial charge in [0, 0.05) is 13.1 Å². The highest BCUT2D eigenvalue weighted by Crippen LogP contribution is 2.26. The fourth-order valence-corrected chi connectivity index (χ4v) is 5.35. The first-order valence-electron chi connectivity index (χ1n) is 12.5. The summed E-state index contributed by atoms with van der Waals surface area (Å²) >= 11 is 0. The summed E-state index contributed by atoms with van der Waals surface area (Å²) in [5.41, 5.74) is 0.715. The molecule has 1 atom stereocenters. The molecule has 202 valence electrons. The zero-order chi connectivity index (χ0) is 27.7. The third-order valence-corrected chi connectivity index (χ3v) is 7.84. The van der Waals surface area contributed by atoms with Crippen LogP contribution in [-0.2, 0) is 26.0 Å². The van der Waals surface area contributed by atoms with E-state index in [1.165, 1.54) is 35.2 Å². The van der Waals surface area contributed by atoms with Gasteiger partial charge in [-0.1, -0.05) is 74.5 Å². The van der Waals surface area contributed by atoms with E-state index in [1.807, 2.05) is 44.2 Å². The summed E-state index contributed by atoms with van der Waals surface area (Å²) in [7, 11) is -4.29. The molecule has 0 aliphatic rings. The molecular formula is C29H34FN3O4S. The van der Waals surface area contributed by atoms with Gasteiger partial charge in [0.15, 0.2) is 0 Å². The quantitative estimate of drug-likeness (QED) is 0.373. The van der Waals surface area contributed by atoms with Gasteiger partial charge < -0.3 is 10.2 Å². The highest BCUT2D eigenvalue weighted by atomic mass is 32.2. The summed E-state index contributed by atoms with van der Waals surface area (Å²) < 4.78 is 42.9. The van der Waals surface area contributed by atoms with E-state index in [9.17, 15) is 22.4 Å². The van der Waals surface area contributed by atoms with Crippen molar-refractivity contribution in [2.45, 2.75) is 38.1 Å². The molecule has 0 aromatic heterocycles. The van der Waals surface area contributed by atoms with Crippen molar-refractivity contribution in [3.8, 4) is 0 Å². The lowest BCUT2D eigenvalue weighted by atomic mass is 10.1. The first-order chi connectivity index (χ1) is 18.1. The lowest BCUT2D eigenvalue weighted by Crippen LogP contribution is -2.52. The standard InChI is InChI=1S/C29H34FN3O4S/c1-22(2)20-31-29(35)23(3)32(19-18-24-12-6-4-7-13-24)28(34)21-33(27-17-11-10-16-26(27)30)38(36,37)25-14-8-5-9-15-25/h4-17,22-23H,18-21H2,1-3H3,(H,31,35)/t23-/m1/s1. The van der Waals surface area contributed by atoms with Crippen molar-refractivity contribution in [3.63, 3.8) is 0 Å². The monoisotopic (exact) mass is 539 g/mol. The van der Waals surface area contributed by atoms with Crippen molar-refractivity contribution in [3.05, 3.63) is 96.3 Å². The minimum absolute atomic E-state index is 0.0744. The van der Waals surface area contributed by atoms with Gasteiger partial charge in [0.2, 0.25) is 11.8 Å². The van der Waals surface area contributed by atoms with Crippen molar-refractivity contribution in [2.75, 3.05) is 23.9 Å². The van der Waals surface area contributed by atoms with Gasteiger partial charge in [0.25, 0.3) is 10.0 Å². The number of hydrogen-bond acceptors (Lipinski definition) is 4. The molecule has 0 aliphatic carbocycles. The predicted molar refractivity (Wildman–Crippen MR) is 147 cm³/mol. The average Bonchev–Trinajstić information content (AvgIpc) is 2.91. The van der Waals surface area contributed by atoms with E-state index in [0.29, 0.717) is 13.0 Å². The van der Waals surface area contributed by atoms with Gasteiger partial charge in [-0.15, -0.1) is 0 Å². The van der Waals surface area contributed by atoms with Crippen LogP contribution in [0.25, 0.3) is 0 Å². The molecular weight excluding hydrogens is 505 g/mol. The van der Waals surface area contributed by atoms with E-state index >= 15 is 0 Å². The molecule has 1 N–H and O–H groups in total. The predicted octanol–water partition coefficient (Wildman–Crippen LogP) is 4.25. The molecule has 2 amide bonds. The van der Waals surface area contributed by atoms with Crippen molar-refractivity contribution in [2.24, 2.45) is 5.92 Å². The Hall–Kier alpha value is -3.72. The van der Waals surface area contributed by atoms with Crippen LogP contribution < -0.4 is 9.62 Å². The van der Waals surface area contributed by atoms with E-state index in [2.05, 4.69) is 5.32 Å². The third-order valence-electron chi connectivity index (χ3n) is 6.07. The molecule has 9 heteroatoms. The van der Waals surface area contributed by atoms with Crippen LogP contribution in [0.15, 0.2) is 89.8 Å². The molecule has 3 aromatic carbocycles. The Bertz CT molecular complexity index is 1320. The van der Waals surface area contributed by atoms with Gasteiger partial charge in [-0.3, -0.25) is 13.9 Å². The van der Waals surface area contributed by atoms with E-state index < -0.39 is 34.3 Å². The zero-order valence-corrected chi connectivity index (χ0v) is 22.7. The Morgan fingerprint density at radius 1 is 0.868 bits per heavy atom. The van der Waals surface area contributed by atoms with Crippen LogP contribution in [0.2, 0.25) is 0 Å². The maximum absolute atomic E-state index is 14.9. The molecule has 7 nitrogen and oxygen atoms in total. The number of nitrogens with one attached hydrogen (secondary N) is 1. The number of halogens is 1. The summed E-state index contributed by atoms with van der Waals surface area (Å²) in [6, 6.07) is 21.6. The summed E-state index contributed by atoms with van der Waals surface area (Å²) in [5, 5.41) is 2.84. The van der Waals surface area contributed by atoms with Gasteiger partial charge >= 0.3 is 0 Å². The van der Waals surface area contributed by atoms with E-state index in [1.54, 1.807) is 25.1 Å². The molecule has 0 saturated heterocycles. The first-order valence-corrected chi connectivity index (χ1v) is 14.0. The molecule has 0 saturated carbocycles. The first kappa shape index (κ1) is 28.8. The number of amides is 2. The number of benzene rings is 3. The van der Waals surface area contributed by atoms with E-state index in [4.69, 9.17) is 0 Å². The van der Waals surface area contributed by atoms with Crippen LogP contribution in [0, 0.1) is 11.7 Å². The third kappa shape index (κ3) is 7.41. The summed E-state index contributed by atoms with van der Waals surface area (Å²) in [6.45, 7) is 5.48. The normalized spacial score (nSPS) is 12.1. The summed E-state index contributed by atoms with van der Waals surface area (Å²) in [4.78, 5) is 28.0. The molecule has 0 heterocycles. The Labute approximate surface area is 224 Å². The average molecular weight is 540 g/mol. The SMILES string of the molecule is CC(C)CNC(=O)[C@@H](C)N(CCc1ccccc1)C(=O)CN(c1ccccc1F)S(=O)(=O)c1ccccc1. The van der Waals surface area contributed by atoms with Crippen LogP contribution >= 0.6 is 0 Å². The number of hydrogen-bond donors (Lipinski definition) is 1. The van der Waals surface area contributed by atoms with Gasteiger partial charge in [-0.05, 0) is 49.1 Å². The minimum atomic E-state index is -4.29. The molecule has 3 rings (SSSR count). The van der Waals surface area contributed by atoms with Crippen molar-refractivity contribution >= 4 is 27.5 Å². The molecule has 3 aromatic rings. The summed E-state index contributed by atoms with van der Waals surface area (Å²) in [5.74, 6) is -1.52. The van der Waals surface area contributed by atoms with Crippen LogP contribution in [0.5, 0.6) is 0 Å². The van der Waals surface area contributed by atoms with Crippen LogP contribution in [0.1, 0.15) is 26.3 Å². The van der Waals surface area contributed by atoms with E-state index in [0.717, 1.165) is 15.9 Å². The van der Waals surface area contributed by atoms with E-state index in [-0.39, 0.29) is 29.0 Å². The molecule has 0 spiro atoms. The maximum Gasteiger partial charge on any atom is 0.264 e. The number of sulfonamides is 1. The number of rotatable bonds is 12. The van der Waals surface area contributed by atoms with Crippen molar-refractivity contribution in [1.29, 1.82) is 0 Å². The topological polar surface area (TPSA) is 86.8 Å². The maximum atomic E-state index is 14.9. The molecule has 0 unspecified atom stereocenters. The number of carbonyl (C=O) groups is 2. The number of nitrogens with zero attached hydrogens (tertiary/aromatic N) is 2. The fourth-order valence-electron chi connectivity index (χ4n) is 3.91. The van der Waals surface area contributed by atoms with Gasteiger partial charge in [-0.25, -0.2) is 12.8 Å². The minimum Gasteiger partial charge on any atom is -0.354 e. The molecule has 38 heavy (non-hydrogen) atoms. The fraction of sp³-hybridized carbons (Fsp3) is 0.310. The molecule has 0 fully saturated rings. The van der Waals surface area contributed by atoms with Gasteiger partial charge in [-0.2, -0.15) is 0 Å². The molecule has 0 bridgehead atoms. The van der Waals surface area contributed by atoms with Crippen LogP contribution in [0.4, 0.5) is 10.1 Å². The highest BCUT2D eigenvalue weighted by Gasteiger charge is 2.33. The number of anilines is 1. The Balaban J connectivity index is 1.95. The zero-order valence-electron chi connectivity index (χ0n) is 21.9. The largest absolute Gasteiger partial charge is 0.354 e. The Morgan fingerprint density at radius 3 is 2.05 bits per heavy atom. The second kappa shape index (κ2) is 13.2. The second-order valence-corrected chi connectivity index (χ2v) is 11.3. The van der Waals surface area contributed by atoms with Crippen molar-refractivity contribution < 1.29 is 22.4 Å². The number of carbonyl (C=O) groups excluding carboxylic acids is 2. The summed E-state index contributed by atoms with van der Waals surface area (Å²) in [6.07, 6.45) is 0.458. The molecule has 0 aliphatic heterocycles. The van der Waals surface area contributed by atoms with Crippen LogP contribution in [-0.4, -0.2) is 50.8 Å². The Morgan fingerprint density at radius 2 is 1.45 bits per heavy atom. The highest BCUT2D eigenvalue weighted by molar-refractivity contribution is 7.92.